The fourth-order valence-corrected chi connectivity index (χ4v) is 3.09. The second kappa shape index (κ2) is 7.51. The van der Waals surface area contributed by atoms with E-state index in [0.717, 1.165) is 25.7 Å². The number of carboxylic acid groups (broad SMARTS) is 1. The summed E-state index contributed by atoms with van der Waals surface area (Å²) < 4.78 is 11.7. The molecule has 1 aliphatic rings. The van der Waals surface area contributed by atoms with Gasteiger partial charge in [0.05, 0.1) is 6.42 Å². The first-order chi connectivity index (χ1) is 8.50. The number of hydrogen-bond acceptors (Lipinski definition) is 3. The first-order valence-electron chi connectivity index (χ1n) is 6.40. The van der Waals surface area contributed by atoms with Gasteiger partial charge in [-0.05, 0) is 19.8 Å². The van der Waals surface area contributed by atoms with Crippen LogP contribution in [0.15, 0.2) is 0 Å². The molecule has 6 heteroatoms. The van der Waals surface area contributed by atoms with Crippen molar-refractivity contribution in [3.05, 3.63) is 0 Å². The molecule has 0 aromatic heterocycles. The van der Waals surface area contributed by atoms with Crippen LogP contribution in [0.2, 0.25) is 0 Å². The monoisotopic (exact) mass is 275 g/mol. The van der Waals surface area contributed by atoms with Crippen molar-refractivity contribution >= 4 is 22.7 Å². The van der Waals surface area contributed by atoms with Crippen LogP contribution in [-0.2, 0) is 20.4 Å². The lowest BCUT2D eigenvalue weighted by atomic mass is 9.95. The maximum atomic E-state index is 11.8. The van der Waals surface area contributed by atoms with Crippen LogP contribution in [-0.4, -0.2) is 38.2 Å². The molecular weight excluding hydrogens is 254 g/mol. The predicted molar refractivity (Wildman–Crippen MR) is 69.7 cm³/mol. The summed E-state index contributed by atoms with van der Waals surface area (Å²) >= 11 is 0. The maximum Gasteiger partial charge on any atom is 0.304 e. The van der Waals surface area contributed by atoms with E-state index < -0.39 is 22.0 Å². The Morgan fingerprint density at radius 2 is 1.94 bits per heavy atom. The van der Waals surface area contributed by atoms with E-state index in [1.807, 2.05) is 0 Å². The summed E-state index contributed by atoms with van der Waals surface area (Å²) in [5.74, 6) is -1.16. The van der Waals surface area contributed by atoms with Gasteiger partial charge in [-0.25, -0.2) is 0 Å². The Kier molecular flexibility index (Phi) is 6.32. The minimum atomic E-state index is -1.41. The smallest absolute Gasteiger partial charge is 0.304 e. The third kappa shape index (κ3) is 5.16. The SMILES string of the molecule is CC(C(=O)NC1CCCCC1)S(=O)CCC(=O)O. The lowest BCUT2D eigenvalue weighted by Gasteiger charge is -2.24. The molecule has 2 unspecified atom stereocenters. The molecule has 0 radical (unpaired) electrons. The Labute approximate surface area is 110 Å². The molecule has 0 spiro atoms. The molecule has 1 aliphatic carbocycles. The Bertz CT molecular complexity index is 326. The predicted octanol–water partition coefficient (Wildman–Crippen LogP) is 1.05. The maximum absolute atomic E-state index is 11.8. The summed E-state index contributed by atoms with van der Waals surface area (Å²) in [6.07, 6.45) is 5.28. The number of rotatable bonds is 6. The minimum Gasteiger partial charge on any atom is -0.481 e. The zero-order valence-corrected chi connectivity index (χ0v) is 11.5. The highest BCUT2D eigenvalue weighted by Gasteiger charge is 2.23. The highest BCUT2D eigenvalue weighted by atomic mass is 32.2. The first-order valence-corrected chi connectivity index (χ1v) is 7.78. The Balaban J connectivity index is 2.35. The molecule has 2 atom stereocenters. The lowest BCUT2D eigenvalue weighted by molar-refractivity contribution is -0.136. The molecular formula is C12H21NO4S. The second-order valence-electron chi connectivity index (χ2n) is 4.71. The Hall–Kier alpha value is -0.910. The standard InChI is InChI=1S/C12H21NO4S/c1-9(18(17)8-7-11(14)15)12(16)13-10-5-3-2-4-6-10/h9-10H,2-8H2,1H3,(H,13,16)(H,14,15). The van der Waals surface area contributed by atoms with Crippen molar-refractivity contribution < 1.29 is 18.9 Å². The Morgan fingerprint density at radius 3 is 2.50 bits per heavy atom. The highest BCUT2D eigenvalue weighted by molar-refractivity contribution is 7.86. The van der Waals surface area contributed by atoms with Crippen LogP contribution in [0.5, 0.6) is 0 Å². The van der Waals surface area contributed by atoms with E-state index in [2.05, 4.69) is 5.32 Å². The van der Waals surface area contributed by atoms with Crippen molar-refractivity contribution in [3.8, 4) is 0 Å². The molecule has 5 nitrogen and oxygen atoms in total. The van der Waals surface area contributed by atoms with Gasteiger partial charge < -0.3 is 10.4 Å². The number of amides is 1. The molecule has 0 saturated heterocycles. The van der Waals surface area contributed by atoms with Crippen molar-refractivity contribution in [1.82, 2.24) is 5.32 Å². The van der Waals surface area contributed by atoms with E-state index in [0.29, 0.717) is 0 Å². The van der Waals surface area contributed by atoms with Gasteiger partial charge in [-0.15, -0.1) is 0 Å². The third-order valence-electron chi connectivity index (χ3n) is 3.23. The van der Waals surface area contributed by atoms with Crippen molar-refractivity contribution in [1.29, 1.82) is 0 Å². The van der Waals surface area contributed by atoms with Gasteiger partial charge in [0.2, 0.25) is 5.91 Å². The highest BCUT2D eigenvalue weighted by Crippen LogP contribution is 2.17. The zero-order valence-electron chi connectivity index (χ0n) is 10.7. The van der Waals surface area contributed by atoms with Gasteiger partial charge in [0.1, 0.15) is 5.25 Å². The molecule has 0 bridgehead atoms. The zero-order chi connectivity index (χ0) is 13.5. The van der Waals surface area contributed by atoms with Crippen LogP contribution in [0.25, 0.3) is 0 Å². The number of carboxylic acids is 1. The number of carbonyl (C=O) groups excluding carboxylic acids is 1. The van der Waals surface area contributed by atoms with E-state index >= 15 is 0 Å². The lowest BCUT2D eigenvalue weighted by Crippen LogP contribution is -2.43. The Morgan fingerprint density at radius 1 is 1.33 bits per heavy atom. The summed E-state index contributed by atoms with van der Waals surface area (Å²) in [7, 11) is -1.41. The number of nitrogens with one attached hydrogen (secondary N) is 1. The van der Waals surface area contributed by atoms with Crippen LogP contribution in [0, 0.1) is 0 Å². The topological polar surface area (TPSA) is 83.5 Å². The third-order valence-corrected chi connectivity index (χ3v) is 4.84. The minimum absolute atomic E-state index is 0.0363. The fourth-order valence-electron chi connectivity index (χ4n) is 2.05. The van der Waals surface area contributed by atoms with Crippen molar-refractivity contribution in [2.24, 2.45) is 0 Å². The van der Waals surface area contributed by atoms with Crippen LogP contribution in [0.4, 0.5) is 0 Å². The molecule has 1 fully saturated rings. The molecule has 0 aromatic carbocycles. The summed E-state index contributed by atoms with van der Waals surface area (Å²) in [6, 6.07) is 0.199. The van der Waals surface area contributed by atoms with Crippen LogP contribution in [0.1, 0.15) is 45.4 Å². The van der Waals surface area contributed by atoms with Gasteiger partial charge in [-0.1, -0.05) is 19.3 Å². The van der Waals surface area contributed by atoms with Gasteiger partial charge in [0.15, 0.2) is 0 Å². The summed E-state index contributed by atoms with van der Waals surface area (Å²) in [5.41, 5.74) is 0. The molecule has 1 rings (SSSR count). The molecule has 0 aliphatic heterocycles. The van der Waals surface area contributed by atoms with Crippen LogP contribution < -0.4 is 5.32 Å². The average molecular weight is 275 g/mol. The van der Waals surface area contributed by atoms with Gasteiger partial charge >= 0.3 is 5.97 Å². The molecule has 2 N–H and O–H groups in total. The van der Waals surface area contributed by atoms with E-state index in [1.54, 1.807) is 6.92 Å². The van der Waals surface area contributed by atoms with Crippen LogP contribution in [0.3, 0.4) is 0 Å². The summed E-state index contributed by atoms with van der Waals surface area (Å²) in [5, 5.41) is 10.8. The van der Waals surface area contributed by atoms with Gasteiger partial charge in [-0.3, -0.25) is 13.8 Å². The van der Waals surface area contributed by atoms with E-state index in [9.17, 15) is 13.8 Å². The number of hydrogen-bond donors (Lipinski definition) is 2. The average Bonchev–Trinajstić information content (AvgIpc) is 2.36. The van der Waals surface area contributed by atoms with Gasteiger partial charge in [-0.2, -0.15) is 0 Å². The summed E-state index contributed by atoms with van der Waals surface area (Å²) in [4.78, 5) is 22.2. The number of carbonyl (C=O) groups is 2. The first kappa shape index (κ1) is 15.1. The number of aliphatic carboxylic acids is 1. The quantitative estimate of drug-likeness (QED) is 0.759. The molecule has 1 amide bonds. The van der Waals surface area contributed by atoms with Gasteiger partial charge in [0, 0.05) is 22.6 Å². The largest absolute Gasteiger partial charge is 0.481 e. The molecule has 18 heavy (non-hydrogen) atoms. The summed E-state index contributed by atoms with van der Waals surface area (Å²) in [6.45, 7) is 1.59. The van der Waals surface area contributed by atoms with E-state index in [4.69, 9.17) is 5.11 Å². The van der Waals surface area contributed by atoms with E-state index in [-0.39, 0.29) is 24.1 Å². The van der Waals surface area contributed by atoms with Gasteiger partial charge in [0.25, 0.3) is 0 Å². The van der Waals surface area contributed by atoms with Crippen molar-refractivity contribution in [2.45, 2.75) is 56.7 Å². The molecule has 1 saturated carbocycles. The van der Waals surface area contributed by atoms with E-state index in [1.165, 1.54) is 6.42 Å². The fraction of sp³-hybridized carbons (Fsp3) is 0.833. The second-order valence-corrected chi connectivity index (χ2v) is 6.59. The molecule has 0 heterocycles. The van der Waals surface area contributed by atoms with Crippen molar-refractivity contribution in [2.75, 3.05) is 5.75 Å². The van der Waals surface area contributed by atoms with Crippen molar-refractivity contribution in [3.63, 3.8) is 0 Å². The normalized spacial score (nSPS) is 20.1. The molecule has 104 valence electrons. The molecule has 0 aromatic rings. The van der Waals surface area contributed by atoms with Crippen LogP contribution >= 0.6 is 0 Å².